The van der Waals surface area contributed by atoms with E-state index in [1.54, 1.807) is 0 Å². The van der Waals surface area contributed by atoms with Gasteiger partial charge in [-0.2, -0.15) is 0 Å². The van der Waals surface area contributed by atoms with E-state index in [1.807, 2.05) is 6.07 Å². The number of hydrogen-bond acceptors (Lipinski definition) is 7. The molecule has 0 amide bonds. The highest BCUT2D eigenvalue weighted by Crippen LogP contribution is 2.35. The monoisotopic (exact) mass is 389 g/mol. The second-order valence-electron chi connectivity index (χ2n) is 6.94. The van der Waals surface area contributed by atoms with Gasteiger partial charge in [-0.3, -0.25) is 10.1 Å². The normalized spacial score (nSPS) is 18.2. The van der Waals surface area contributed by atoms with Gasteiger partial charge in [-0.25, -0.2) is 4.79 Å². The van der Waals surface area contributed by atoms with Crippen molar-refractivity contribution in [3.63, 3.8) is 0 Å². The number of carbonyl (C=O) groups is 1. The van der Waals surface area contributed by atoms with Crippen LogP contribution in [0.25, 0.3) is 0 Å². The Balaban J connectivity index is 1.52. The Labute approximate surface area is 160 Å². The van der Waals surface area contributed by atoms with E-state index < -0.39 is 10.9 Å². The molecule has 0 saturated heterocycles. The first kappa shape index (κ1) is 17.9. The molecule has 8 heteroatoms. The number of thiophene rings is 1. The van der Waals surface area contributed by atoms with E-state index >= 15 is 0 Å². The van der Waals surface area contributed by atoms with E-state index in [0.717, 1.165) is 19.3 Å². The minimum atomic E-state index is -0.477. The molecule has 1 unspecified atom stereocenters. The van der Waals surface area contributed by atoms with Gasteiger partial charge in [0.2, 0.25) is 0 Å². The molecule has 7 nitrogen and oxygen atoms in total. The number of hydrogen-bond donors (Lipinski definition) is 0. The van der Waals surface area contributed by atoms with Crippen molar-refractivity contribution in [1.82, 2.24) is 0 Å². The Morgan fingerprint density at radius 1 is 1.37 bits per heavy atom. The zero-order valence-electron chi connectivity index (χ0n) is 14.9. The average Bonchev–Trinajstić information content (AvgIpc) is 3.08. The number of ether oxygens (including phenoxy) is 3. The highest BCUT2D eigenvalue weighted by molar-refractivity contribution is 7.14. The molecular weight excluding hydrogens is 370 g/mol. The van der Waals surface area contributed by atoms with Gasteiger partial charge in [0.15, 0.2) is 6.79 Å². The maximum Gasteiger partial charge on any atom is 0.348 e. The van der Waals surface area contributed by atoms with Crippen LogP contribution in [0.4, 0.5) is 5.69 Å². The first-order chi connectivity index (χ1) is 13.0. The third-order valence-corrected chi connectivity index (χ3v) is 6.09. The summed E-state index contributed by atoms with van der Waals surface area (Å²) in [5.74, 6) is 0.722. The predicted molar refractivity (Wildman–Crippen MR) is 98.0 cm³/mol. The van der Waals surface area contributed by atoms with Gasteiger partial charge in [-0.15, -0.1) is 11.3 Å². The summed E-state index contributed by atoms with van der Waals surface area (Å²) in [5.41, 5.74) is 2.22. The molecule has 1 aliphatic heterocycles. The van der Waals surface area contributed by atoms with Crippen molar-refractivity contribution in [2.45, 2.75) is 39.4 Å². The number of aryl methyl sites for hydroxylation is 1. The van der Waals surface area contributed by atoms with Gasteiger partial charge < -0.3 is 14.2 Å². The molecule has 1 aliphatic carbocycles. The fourth-order valence-corrected chi connectivity index (χ4v) is 4.62. The summed E-state index contributed by atoms with van der Waals surface area (Å²) in [6.07, 6.45) is 3.13. The van der Waals surface area contributed by atoms with Gasteiger partial charge in [-0.05, 0) is 36.8 Å². The largest absolute Gasteiger partial charge is 0.467 e. The van der Waals surface area contributed by atoms with Gasteiger partial charge in [-0.1, -0.05) is 6.92 Å². The smallest absolute Gasteiger partial charge is 0.348 e. The lowest BCUT2D eigenvalue weighted by Crippen LogP contribution is -2.14. The number of nitro benzene ring substituents is 1. The summed E-state index contributed by atoms with van der Waals surface area (Å²) in [4.78, 5) is 25.0. The number of fused-ring (bicyclic) bond motifs is 2. The molecule has 0 N–H and O–H groups in total. The summed E-state index contributed by atoms with van der Waals surface area (Å²) in [5, 5.41) is 11.2. The lowest BCUT2D eigenvalue weighted by atomic mass is 9.90. The number of nitro groups is 1. The standard InChI is InChI=1S/C19H19NO6S/c1-11-2-3-16-12(4-11)7-17(27-16)19(21)25-9-14-6-15(20(22)23)5-13-8-24-10-26-18(13)14/h5-7,11H,2-4,8-10H2,1H3. The molecule has 0 radical (unpaired) electrons. The molecule has 2 aliphatic rings. The first-order valence-corrected chi connectivity index (χ1v) is 9.62. The summed E-state index contributed by atoms with van der Waals surface area (Å²) in [6, 6.07) is 4.73. The van der Waals surface area contributed by atoms with Crippen molar-refractivity contribution in [3.05, 3.63) is 54.8 Å². The molecule has 2 aromatic rings. The third-order valence-electron chi connectivity index (χ3n) is 4.87. The van der Waals surface area contributed by atoms with E-state index in [4.69, 9.17) is 14.2 Å². The van der Waals surface area contributed by atoms with E-state index in [0.29, 0.717) is 27.7 Å². The maximum absolute atomic E-state index is 12.5. The minimum absolute atomic E-state index is 0.0710. The molecule has 142 valence electrons. The van der Waals surface area contributed by atoms with E-state index in [2.05, 4.69) is 6.92 Å². The molecule has 0 saturated carbocycles. The van der Waals surface area contributed by atoms with Crippen LogP contribution < -0.4 is 4.74 Å². The van der Waals surface area contributed by atoms with Crippen molar-refractivity contribution in [2.75, 3.05) is 6.79 Å². The molecular formula is C19H19NO6S. The highest BCUT2D eigenvalue weighted by atomic mass is 32.1. The number of nitrogens with zero attached hydrogens (tertiary/aromatic N) is 1. The fraction of sp³-hybridized carbons (Fsp3) is 0.421. The number of rotatable bonds is 4. The zero-order valence-corrected chi connectivity index (χ0v) is 15.7. The van der Waals surface area contributed by atoms with Crippen LogP contribution in [0.1, 0.15) is 44.6 Å². The van der Waals surface area contributed by atoms with E-state index in [9.17, 15) is 14.9 Å². The summed E-state index contributed by atoms with van der Waals surface area (Å²) < 4.78 is 16.1. The van der Waals surface area contributed by atoms with Crippen LogP contribution in [0.15, 0.2) is 18.2 Å². The van der Waals surface area contributed by atoms with Crippen LogP contribution in [-0.4, -0.2) is 17.7 Å². The quantitative estimate of drug-likeness (QED) is 0.446. The van der Waals surface area contributed by atoms with Crippen LogP contribution in [0.3, 0.4) is 0 Å². The average molecular weight is 389 g/mol. The molecule has 0 spiro atoms. The van der Waals surface area contributed by atoms with Crippen molar-refractivity contribution in [1.29, 1.82) is 0 Å². The Bertz CT molecular complexity index is 906. The predicted octanol–water partition coefficient (Wildman–Crippen LogP) is 4.00. The number of benzene rings is 1. The first-order valence-electron chi connectivity index (χ1n) is 8.80. The van der Waals surface area contributed by atoms with Gasteiger partial charge in [0.05, 0.1) is 11.5 Å². The van der Waals surface area contributed by atoms with E-state index in [-0.39, 0.29) is 25.7 Å². The van der Waals surface area contributed by atoms with Gasteiger partial charge in [0, 0.05) is 28.1 Å². The lowest BCUT2D eigenvalue weighted by molar-refractivity contribution is -0.385. The molecule has 4 rings (SSSR count). The molecule has 1 aromatic heterocycles. The minimum Gasteiger partial charge on any atom is -0.467 e. The molecule has 27 heavy (non-hydrogen) atoms. The van der Waals surface area contributed by atoms with Gasteiger partial charge in [0.25, 0.3) is 5.69 Å². The van der Waals surface area contributed by atoms with Gasteiger partial charge in [0.1, 0.15) is 17.2 Å². The van der Waals surface area contributed by atoms with Crippen LogP contribution >= 0.6 is 11.3 Å². The second kappa shape index (κ2) is 7.28. The maximum atomic E-state index is 12.5. The highest BCUT2D eigenvalue weighted by Gasteiger charge is 2.24. The number of carbonyl (C=O) groups excluding carboxylic acids is 1. The molecule has 2 heterocycles. The van der Waals surface area contributed by atoms with Crippen LogP contribution in [0, 0.1) is 16.0 Å². The third kappa shape index (κ3) is 3.68. The topological polar surface area (TPSA) is 87.9 Å². The second-order valence-corrected chi connectivity index (χ2v) is 8.08. The van der Waals surface area contributed by atoms with Crippen LogP contribution in [0.5, 0.6) is 5.75 Å². The number of non-ortho nitro benzene ring substituents is 1. The Morgan fingerprint density at radius 2 is 2.22 bits per heavy atom. The lowest BCUT2D eigenvalue weighted by Gasteiger charge is -2.20. The zero-order chi connectivity index (χ0) is 19.0. The van der Waals surface area contributed by atoms with Crippen molar-refractivity contribution in [3.8, 4) is 5.75 Å². The number of esters is 1. The summed E-state index contributed by atoms with van der Waals surface area (Å²) in [6.45, 7) is 2.44. The van der Waals surface area contributed by atoms with Crippen molar-refractivity contribution >= 4 is 23.0 Å². The van der Waals surface area contributed by atoms with Crippen molar-refractivity contribution < 1.29 is 23.9 Å². The van der Waals surface area contributed by atoms with Gasteiger partial charge >= 0.3 is 5.97 Å². The summed E-state index contributed by atoms with van der Waals surface area (Å²) >= 11 is 1.48. The Hall–Kier alpha value is -2.45. The molecule has 0 fully saturated rings. The molecule has 1 atom stereocenters. The SMILES string of the molecule is CC1CCc2sc(C(=O)OCc3cc([N+](=O)[O-])cc4c3OCOC4)cc2C1. The fourth-order valence-electron chi connectivity index (χ4n) is 3.51. The molecule has 1 aromatic carbocycles. The van der Waals surface area contributed by atoms with Crippen molar-refractivity contribution in [2.24, 2.45) is 5.92 Å². The Morgan fingerprint density at radius 3 is 3.04 bits per heavy atom. The summed E-state index contributed by atoms with van der Waals surface area (Å²) in [7, 11) is 0. The van der Waals surface area contributed by atoms with Crippen LogP contribution in [0.2, 0.25) is 0 Å². The van der Waals surface area contributed by atoms with Crippen LogP contribution in [-0.2, 0) is 35.5 Å². The van der Waals surface area contributed by atoms with E-state index in [1.165, 1.54) is 33.9 Å². The Kier molecular flexibility index (Phi) is 4.84. The molecule has 0 bridgehead atoms.